The van der Waals surface area contributed by atoms with Gasteiger partial charge in [-0.3, -0.25) is 4.79 Å². The molecule has 0 bridgehead atoms. The van der Waals surface area contributed by atoms with Crippen molar-refractivity contribution in [2.24, 2.45) is 0 Å². The number of hydrogen-bond donors (Lipinski definition) is 1. The summed E-state index contributed by atoms with van der Waals surface area (Å²) >= 11 is 1.46. The average Bonchev–Trinajstić information content (AvgIpc) is 3.15. The van der Waals surface area contributed by atoms with E-state index in [4.69, 9.17) is 9.47 Å². The Labute approximate surface area is 160 Å². The number of nitrogens with zero attached hydrogens (tertiary/aromatic N) is 1. The van der Waals surface area contributed by atoms with Crippen LogP contribution in [0.25, 0.3) is 10.6 Å². The lowest BCUT2D eigenvalue weighted by Crippen LogP contribution is -2.24. The minimum absolute atomic E-state index is 0.136. The number of benzene rings is 2. The van der Waals surface area contributed by atoms with Crippen molar-refractivity contribution in [2.75, 3.05) is 14.2 Å². The van der Waals surface area contributed by atoms with Gasteiger partial charge >= 0.3 is 0 Å². The van der Waals surface area contributed by atoms with Gasteiger partial charge in [0.1, 0.15) is 10.8 Å². The average molecular weight is 386 g/mol. The molecule has 0 spiro atoms. The first-order valence-corrected chi connectivity index (χ1v) is 9.15. The predicted octanol–water partition coefficient (Wildman–Crippen LogP) is 3.83. The molecule has 1 N–H and O–H groups in total. The Hall–Kier alpha value is -2.93. The molecule has 27 heavy (non-hydrogen) atoms. The molecule has 1 amide bonds. The summed E-state index contributed by atoms with van der Waals surface area (Å²) in [6.07, 6.45) is 0.186. The third-order valence-corrected chi connectivity index (χ3v) is 4.87. The Balaban J connectivity index is 1.62. The van der Waals surface area contributed by atoms with Crippen molar-refractivity contribution in [3.8, 4) is 22.1 Å². The van der Waals surface area contributed by atoms with E-state index < -0.39 is 0 Å². The van der Waals surface area contributed by atoms with Gasteiger partial charge in [-0.1, -0.05) is 12.1 Å². The standard InChI is InChI=1S/C20H19FN2O3S/c1-25-17-8-5-14(9-18(17)26-2)20-23-16(12-27-20)10-19(24)22-11-13-3-6-15(21)7-4-13/h3-9,12H,10-11H2,1-2H3,(H,22,24). The minimum Gasteiger partial charge on any atom is -0.493 e. The van der Waals surface area contributed by atoms with Crippen LogP contribution in [-0.4, -0.2) is 25.1 Å². The molecule has 0 saturated carbocycles. The SMILES string of the molecule is COc1ccc(-c2nc(CC(=O)NCc3ccc(F)cc3)cs2)cc1OC. The van der Waals surface area contributed by atoms with Crippen molar-refractivity contribution >= 4 is 17.2 Å². The van der Waals surface area contributed by atoms with Gasteiger partial charge in [0, 0.05) is 17.5 Å². The zero-order valence-corrected chi connectivity index (χ0v) is 15.8. The number of aromatic nitrogens is 1. The number of hydrogen-bond acceptors (Lipinski definition) is 5. The van der Waals surface area contributed by atoms with E-state index in [0.29, 0.717) is 23.7 Å². The van der Waals surface area contributed by atoms with Crippen molar-refractivity contribution < 1.29 is 18.7 Å². The number of methoxy groups -OCH3 is 2. The van der Waals surface area contributed by atoms with Gasteiger partial charge in [-0.05, 0) is 35.9 Å². The molecule has 0 atom stereocenters. The van der Waals surface area contributed by atoms with E-state index in [1.54, 1.807) is 26.4 Å². The summed E-state index contributed by atoms with van der Waals surface area (Å²) in [5.41, 5.74) is 2.44. The molecular formula is C20H19FN2O3S. The lowest BCUT2D eigenvalue weighted by Gasteiger charge is -2.08. The Morgan fingerprint density at radius 2 is 1.85 bits per heavy atom. The van der Waals surface area contributed by atoms with Gasteiger partial charge in [0.25, 0.3) is 0 Å². The number of carbonyl (C=O) groups excluding carboxylic acids is 1. The third kappa shape index (κ3) is 4.83. The van der Waals surface area contributed by atoms with E-state index in [1.807, 2.05) is 23.6 Å². The molecule has 140 valence electrons. The Morgan fingerprint density at radius 1 is 1.11 bits per heavy atom. The van der Waals surface area contributed by atoms with Gasteiger partial charge < -0.3 is 14.8 Å². The molecular weight excluding hydrogens is 367 g/mol. The van der Waals surface area contributed by atoms with Crippen LogP contribution in [-0.2, 0) is 17.8 Å². The molecule has 1 aromatic heterocycles. The van der Waals surface area contributed by atoms with Crippen LogP contribution in [0.4, 0.5) is 4.39 Å². The smallest absolute Gasteiger partial charge is 0.226 e. The molecule has 1 heterocycles. The normalized spacial score (nSPS) is 10.5. The largest absolute Gasteiger partial charge is 0.493 e. The highest BCUT2D eigenvalue weighted by Gasteiger charge is 2.11. The highest BCUT2D eigenvalue weighted by atomic mass is 32.1. The summed E-state index contributed by atoms with van der Waals surface area (Å²) in [6, 6.07) is 11.6. The van der Waals surface area contributed by atoms with Crippen molar-refractivity contribution in [3.63, 3.8) is 0 Å². The summed E-state index contributed by atoms with van der Waals surface area (Å²) in [7, 11) is 3.17. The van der Waals surface area contributed by atoms with Crippen molar-refractivity contribution in [3.05, 3.63) is 64.9 Å². The van der Waals surface area contributed by atoms with Gasteiger partial charge in [0.05, 0.1) is 26.3 Å². The van der Waals surface area contributed by atoms with E-state index in [1.165, 1.54) is 23.5 Å². The van der Waals surface area contributed by atoms with Gasteiger partial charge in [0.15, 0.2) is 11.5 Å². The summed E-state index contributed by atoms with van der Waals surface area (Å²) in [5.74, 6) is 0.848. The summed E-state index contributed by atoms with van der Waals surface area (Å²) in [6.45, 7) is 0.353. The number of ether oxygens (including phenoxy) is 2. The quantitative estimate of drug-likeness (QED) is 0.671. The predicted molar refractivity (Wildman–Crippen MR) is 103 cm³/mol. The third-order valence-electron chi connectivity index (χ3n) is 3.93. The maximum absolute atomic E-state index is 12.9. The van der Waals surface area contributed by atoms with Gasteiger partial charge in [-0.15, -0.1) is 11.3 Å². The topological polar surface area (TPSA) is 60.5 Å². The van der Waals surface area contributed by atoms with Crippen LogP contribution in [0.2, 0.25) is 0 Å². The van der Waals surface area contributed by atoms with Crippen LogP contribution in [0.15, 0.2) is 47.8 Å². The second-order valence-corrected chi connectivity index (χ2v) is 6.65. The lowest BCUT2D eigenvalue weighted by atomic mass is 10.2. The number of amides is 1. The van der Waals surface area contributed by atoms with E-state index >= 15 is 0 Å². The zero-order chi connectivity index (χ0) is 19.2. The molecule has 3 rings (SSSR count). The molecule has 0 aliphatic carbocycles. The number of carbonyl (C=O) groups is 1. The zero-order valence-electron chi connectivity index (χ0n) is 15.0. The maximum Gasteiger partial charge on any atom is 0.226 e. The van der Waals surface area contributed by atoms with Crippen molar-refractivity contribution in [1.29, 1.82) is 0 Å². The molecule has 0 radical (unpaired) electrons. The van der Waals surface area contributed by atoms with Crippen molar-refractivity contribution in [1.82, 2.24) is 10.3 Å². The van der Waals surface area contributed by atoms with E-state index in [2.05, 4.69) is 10.3 Å². The fraction of sp³-hybridized carbons (Fsp3) is 0.200. The molecule has 0 aliphatic heterocycles. The summed E-state index contributed by atoms with van der Waals surface area (Å²) < 4.78 is 23.5. The first-order chi connectivity index (χ1) is 13.1. The minimum atomic E-state index is -0.296. The fourth-order valence-electron chi connectivity index (χ4n) is 2.52. The van der Waals surface area contributed by atoms with Crippen LogP contribution >= 0.6 is 11.3 Å². The second-order valence-electron chi connectivity index (χ2n) is 5.79. The molecule has 2 aromatic carbocycles. The molecule has 5 nitrogen and oxygen atoms in total. The fourth-order valence-corrected chi connectivity index (χ4v) is 3.34. The molecule has 0 saturated heterocycles. The molecule has 7 heteroatoms. The highest BCUT2D eigenvalue weighted by Crippen LogP contribution is 2.33. The Kier molecular flexibility index (Phi) is 6.03. The monoisotopic (exact) mass is 386 g/mol. The van der Waals surface area contributed by atoms with Crippen LogP contribution in [0, 0.1) is 5.82 Å². The number of nitrogens with one attached hydrogen (secondary N) is 1. The highest BCUT2D eigenvalue weighted by molar-refractivity contribution is 7.13. The van der Waals surface area contributed by atoms with Gasteiger partial charge in [-0.25, -0.2) is 9.37 Å². The number of rotatable bonds is 7. The second kappa shape index (κ2) is 8.64. The van der Waals surface area contributed by atoms with E-state index in [-0.39, 0.29) is 18.1 Å². The van der Waals surface area contributed by atoms with Crippen LogP contribution in [0.5, 0.6) is 11.5 Å². The lowest BCUT2D eigenvalue weighted by molar-refractivity contribution is -0.120. The maximum atomic E-state index is 12.9. The Morgan fingerprint density at radius 3 is 2.56 bits per heavy atom. The first kappa shape index (κ1) is 18.8. The van der Waals surface area contributed by atoms with Crippen LogP contribution in [0.3, 0.4) is 0 Å². The molecule has 0 fully saturated rings. The van der Waals surface area contributed by atoms with Crippen LogP contribution < -0.4 is 14.8 Å². The number of halogens is 1. The van der Waals surface area contributed by atoms with E-state index in [0.717, 1.165) is 16.1 Å². The van der Waals surface area contributed by atoms with Crippen molar-refractivity contribution in [2.45, 2.75) is 13.0 Å². The van der Waals surface area contributed by atoms with E-state index in [9.17, 15) is 9.18 Å². The van der Waals surface area contributed by atoms with Gasteiger partial charge in [-0.2, -0.15) is 0 Å². The molecule has 0 unspecified atom stereocenters. The molecule has 3 aromatic rings. The first-order valence-electron chi connectivity index (χ1n) is 8.27. The summed E-state index contributed by atoms with van der Waals surface area (Å²) in [5, 5.41) is 5.48. The molecule has 0 aliphatic rings. The Bertz CT molecular complexity index is 925. The van der Waals surface area contributed by atoms with Crippen LogP contribution in [0.1, 0.15) is 11.3 Å². The number of thiazole rings is 1. The van der Waals surface area contributed by atoms with Gasteiger partial charge in [0.2, 0.25) is 5.91 Å². The summed E-state index contributed by atoms with van der Waals surface area (Å²) in [4.78, 5) is 16.7.